The van der Waals surface area contributed by atoms with Crippen LogP contribution in [0.15, 0.2) is 0 Å². The van der Waals surface area contributed by atoms with Crippen molar-refractivity contribution in [3.05, 3.63) is 0 Å². The smallest absolute Gasteiger partial charge is 0.0490 e. The fourth-order valence-electron chi connectivity index (χ4n) is 1.06. The zero-order valence-corrected chi connectivity index (χ0v) is 3.65. The predicted molar refractivity (Wildman–Crippen MR) is 22.2 cm³/mol. The maximum Gasteiger partial charge on any atom is 0.0490 e. The fourth-order valence-corrected chi connectivity index (χ4v) is 1.06. The normalized spacial score (nSPS) is 60.5. The first kappa shape index (κ1) is 3.03. The molecule has 1 N–H and O–H groups in total. The maximum absolute atomic E-state index is 8.51. The Balaban J connectivity index is 2.10. The van der Waals surface area contributed by atoms with Crippen LogP contribution in [-0.4, -0.2) is 11.7 Å². The number of aliphatic hydroxyl groups is 1. The van der Waals surface area contributed by atoms with Gasteiger partial charge in [-0.1, -0.05) is 0 Å². The molecule has 34 valence electrons. The number of fused-ring (bicyclic) bond motifs is 1. The zero-order chi connectivity index (χ0) is 4.20. The largest absolute Gasteiger partial charge is 0.396 e. The molecule has 0 aliphatic heterocycles. The van der Waals surface area contributed by atoms with Crippen molar-refractivity contribution in [2.24, 2.45) is 11.3 Å². The SMILES string of the molecule is OCC12CC1C2. The van der Waals surface area contributed by atoms with Gasteiger partial charge in [-0.25, -0.2) is 0 Å². The molecule has 0 aromatic carbocycles. The summed E-state index contributed by atoms with van der Waals surface area (Å²) in [7, 11) is 0. The van der Waals surface area contributed by atoms with Crippen molar-refractivity contribution >= 4 is 0 Å². The van der Waals surface area contributed by atoms with E-state index in [0.717, 1.165) is 5.92 Å². The molecule has 1 nitrogen and oxygen atoms in total. The molecule has 0 radical (unpaired) electrons. The van der Waals surface area contributed by atoms with Crippen LogP contribution in [0.4, 0.5) is 0 Å². The summed E-state index contributed by atoms with van der Waals surface area (Å²) < 4.78 is 0. The minimum absolute atomic E-state index is 0.456. The molecule has 0 heterocycles. The third-order valence-electron chi connectivity index (χ3n) is 2.17. The molecule has 0 atom stereocenters. The molecule has 1 heteroatoms. The molecule has 2 saturated carbocycles. The van der Waals surface area contributed by atoms with Crippen molar-refractivity contribution < 1.29 is 5.11 Å². The van der Waals surface area contributed by atoms with Gasteiger partial charge in [0.1, 0.15) is 0 Å². The summed E-state index contributed by atoms with van der Waals surface area (Å²) in [5, 5.41) is 8.51. The zero-order valence-electron chi connectivity index (χ0n) is 3.65. The van der Waals surface area contributed by atoms with Crippen molar-refractivity contribution in [2.75, 3.05) is 6.61 Å². The van der Waals surface area contributed by atoms with Gasteiger partial charge in [-0.3, -0.25) is 0 Å². The van der Waals surface area contributed by atoms with Crippen molar-refractivity contribution in [3.8, 4) is 0 Å². The van der Waals surface area contributed by atoms with Crippen LogP contribution in [-0.2, 0) is 0 Å². The van der Waals surface area contributed by atoms with Gasteiger partial charge in [-0.2, -0.15) is 0 Å². The van der Waals surface area contributed by atoms with Gasteiger partial charge in [0.05, 0.1) is 0 Å². The Labute approximate surface area is 37.0 Å². The van der Waals surface area contributed by atoms with Gasteiger partial charge in [-0.05, 0) is 24.2 Å². The highest BCUT2D eigenvalue weighted by atomic mass is 16.3. The van der Waals surface area contributed by atoms with Crippen LogP contribution < -0.4 is 0 Å². The average Bonchev–Trinajstić information content (AvgIpc) is 2.12. The number of hydrogen-bond donors (Lipinski definition) is 1. The van der Waals surface area contributed by atoms with Gasteiger partial charge < -0.3 is 5.11 Å². The van der Waals surface area contributed by atoms with Crippen molar-refractivity contribution in [1.82, 2.24) is 0 Å². The summed E-state index contributed by atoms with van der Waals surface area (Å²) in [5.41, 5.74) is 0.514. The van der Waals surface area contributed by atoms with Crippen LogP contribution in [0.3, 0.4) is 0 Å². The van der Waals surface area contributed by atoms with E-state index >= 15 is 0 Å². The van der Waals surface area contributed by atoms with Crippen LogP contribution >= 0.6 is 0 Å². The lowest BCUT2D eigenvalue weighted by atomic mass is 10.2. The highest BCUT2D eigenvalue weighted by molar-refractivity contribution is 5.18. The van der Waals surface area contributed by atoms with E-state index in [-0.39, 0.29) is 0 Å². The quantitative estimate of drug-likeness (QED) is 0.487. The first-order valence-corrected chi connectivity index (χ1v) is 2.48. The molecule has 0 spiro atoms. The van der Waals surface area contributed by atoms with Crippen molar-refractivity contribution in [1.29, 1.82) is 0 Å². The molecule has 0 bridgehead atoms. The first-order chi connectivity index (χ1) is 2.87. The van der Waals surface area contributed by atoms with Gasteiger partial charge in [0.15, 0.2) is 0 Å². The minimum Gasteiger partial charge on any atom is -0.396 e. The highest BCUT2D eigenvalue weighted by Crippen LogP contribution is 2.74. The van der Waals surface area contributed by atoms with Gasteiger partial charge >= 0.3 is 0 Å². The molecule has 0 saturated heterocycles. The van der Waals surface area contributed by atoms with Crippen LogP contribution in [0.25, 0.3) is 0 Å². The molecule has 2 aliphatic rings. The molecular formula is C5H8O. The Kier molecular flexibility index (Phi) is 0.274. The number of aliphatic hydroxyl groups excluding tert-OH is 1. The first-order valence-electron chi connectivity index (χ1n) is 2.48. The van der Waals surface area contributed by atoms with E-state index in [1.54, 1.807) is 0 Å². The van der Waals surface area contributed by atoms with Crippen LogP contribution in [0, 0.1) is 11.3 Å². The maximum atomic E-state index is 8.51. The molecule has 2 rings (SSSR count). The predicted octanol–water partition coefficient (Wildman–Crippen LogP) is 0.389. The lowest BCUT2D eigenvalue weighted by molar-refractivity contribution is 0.247. The minimum atomic E-state index is 0.456. The Morgan fingerprint density at radius 2 is 2.17 bits per heavy atom. The van der Waals surface area contributed by atoms with E-state index in [0.29, 0.717) is 12.0 Å². The summed E-state index contributed by atoms with van der Waals surface area (Å²) in [6, 6.07) is 0. The van der Waals surface area contributed by atoms with E-state index in [9.17, 15) is 0 Å². The average molecular weight is 84.1 g/mol. The molecular weight excluding hydrogens is 76.1 g/mol. The van der Waals surface area contributed by atoms with Crippen molar-refractivity contribution in [3.63, 3.8) is 0 Å². The Morgan fingerprint density at radius 3 is 2.17 bits per heavy atom. The Morgan fingerprint density at radius 1 is 1.67 bits per heavy atom. The molecule has 0 aromatic rings. The van der Waals surface area contributed by atoms with Gasteiger partial charge in [0, 0.05) is 6.61 Å². The van der Waals surface area contributed by atoms with E-state index in [1.165, 1.54) is 12.8 Å². The molecule has 2 fully saturated rings. The second-order valence-electron chi connectivity index (χ2n) is 2.63. The number of rotatable bonds is 1. The van der Waals surface area contributed by atoms with Crippen LogP contribution in [0.1, 0.15) is 12.8 Å². The lowest BCUT2D eigenvalue weighted by Crippen LogP contribution is -1.90. The molecule has 6 heavy (non-hydrogen) atoms. The van der Waals surface area contributed by atoms with Gasteiger partial charge in [-0.15, -0.1) is 0 Å². The summed E-state index contributed by atoms with van der Waals surface area (Å²) >= 11 is 0. The highest BCUT2D eigenvalue weighted by Gasteiger charge is 2.68. The molecule has 0 unspecified atom stereocenters. The van der Waals surface area contributed by atoms with Crippen LogP contribution in [0.5, 0.6) is 0 Å². The summed E-state index contributed by atoms with van der Waals surface area (Å²) in [4.78, 5) is 0. The monoisotopic (exact) mass is 84.1 g/mol. The topological polar surface area (TPSA) is 20.2 Å². The number of hydrogen-bond acceptors (Lipinski definition) is 1. The van der Waals surface area contributed by atoms with E-state index in [4.69, 9.17) is 5.11 Å². The third kappa shape index (κ3) is 0.155. The van der Waals surface area contributed by atoms with E-state index in [1.807, 2.05) is 0 Å². The second kappa shape index (κ2) is 0.544. The van der Waals surface area contributed by atoms with E-state index < -0.39 is 0 Å². The fraction of sp³-hybridized carbons (Fsp3) is 1.00. The lowest BCUT2D eigenvalue weighted by Gasteiger charge is -1.89. The molecule has 0 aromatic heterocycles. The van der Waals surface area contributed by atoms with E-state index in [2.05, 4.69) is 0 Å². The van der Waals surface area contributed by atoms with Crippen molar-refractivity contribution in [2.45, 2.75) is 12.8 Å². The van der Waals surface area contributed by atoms with Gasteiger partial charge in [0.25, 0.3) is 0 Å². The Hall–Kier alpha value is -0.0400. The molecule has 0 amide bonds. The summed E-state index contributed by atoms with van der Waals surface area (Å²) in [5.74, 6) is 0.961. The second-order valence-corrected chi connectivity index (χ2v) is 2.63. The Bertz CT molecular complexity index is 81.9. The third-order valence-corrected chi connectivity index (χ3v) is 2.17. The summed E-state index contributed by atoms with van der Waals surface area (Å²) in [6.07, 6.45) is 2.65. The molecule has 2 aliphatic carbocycles. The van der Waals surface area contributed by atoms with Gasteiger partial charge in [0.2, 0.25) is 0 Å². The standard InChI is InChI=1S/C5H8O/c6-3-5-1-4(5)2-5/h4,6H,1-3H2. The van der Waals surface area contributed by atoms with Crippen LogP contribution in [0.2, 0.25) is 0 Å². The summed E-state index contributed by atoms with van der Waals surface area (Å²) in [6.45, 7) is 0.456.